The zero-order chi connectivity index (χ0) is 10.7. The molecule has 3 nitrogen and oxygen atoms in total. The van der Waals surface area contributed by atoms with Crippen molar-refractivity contribution in [3.63, 3.8) is 0 Å². The van der Waals surface area contributed by atoms with E-state index in [1.165, 1.54) is 12.8 Å². The molecule has 0 radical (unpaired) electrons. The van der Waals surface area contributed by atoms with Crippen LogP contribution >= 0.6 is 12.4 Å². The lowest BCUT2D eigenvalue weighted by atomic mass is 10.2. The number of anilines is 1. The fraction of sp³-hybridized carbons (Fsp3) is 0.417. The number of carbonyl (C=O) groups is 1. The third-order valence-electron chi connectivity index (χ3n) is 2.72. The highest BCUT2D eigenvalue weighted by atomic mass is 35.5. The van der Waals surface area contributed by atoms with Crippen LogP contribution in [0.1, 0.15) is 36.0 Å². The van der Waals surface area contributed by atoms with Crippen LogP contribution in [-0.4, -0.2) is 12.1 Å². The summed E-state index contributed by atoms with van der Waals surface area (Å²) >= 11 is 0. The first-order chi connectivity index (χ1) is 7.25. The summed E-state index contributed by atoms with van der Waals surface area (Å²) in [7, 11) is 0. The summed E-state index contributed by atoms with van der Waals surface area (Å²) in [5.41, 5.74) is 6.78. The van der Waals surface area contributed by atoms with Gasteiger partial charge >= 0.3 is 5.97 Å². The summed E-state index contributed by atoms with van der Waals surface area (Å²) in [5.74, 6) is -0.234. The van der Waals surface area contributed by atoms with Gasteiger partial charge < -0.3 is 10.5 Å². The predicted octanol–water partition coefficient (Wildman–Crippen LogP) is 2.79. The van der Waals surface area contributed by atoms with Crippen LogP contribution in [-0.2, 0) is 4.74 Å². The van der Waals surface area contributed by atoms with Crippen LogP contribution in [0.25, 0.3) is 0 Å². The van der Waals surface area contributed by atoms with Gasteiger partial charge in [0.1, 0.15) is 6.10 Å². The fourth-order valence-corrected chi connectivity index (χ4v) is 1.84. The van der Waals surface area contributed by atoms with E-state index in [9.17, 15) is 4.79 Å². The van der Waals surface area contributed by atoms with Crippen LogP contribution in [0.4, 0.5) is 5.69 Å². The van der Waals surface area contributed by atoms with E-state index in [0.29, 0.717) is 11.3 Å². The second kappa shape index (κ2) is 5.75. The summed E-state index contributed by atoms with van der Waals surface area (Å²) < 4.78 is 5.36. The number of hydrogen-bond acceptors (Lipinski definition) is 3. The van der Waals surface area contributed by atoms with E-state index < -0.39 is 0 Å². The summed E-state index contributed by atoms with van der Waals surface area (Å²) in [6.45, 7) is 0. The van der Waals surface area contributed by atoms with Crippen molar-refractivity contribution in [3.05, 3.63) is 29.8 Å². The van der Waals surface area contributed by atoms with Crippen LogP contribution in [0.15, 0.2) is 24.3 Å². The van der Waals surface area contributed by atoms with Gasteiger partial charge in [0.05, 0.1) is 5.56 Å². The highest BCUT2D eigenvalue weighted by Gasteiger charge is 2.19. The molecule has 0 unspecified atom stereocenters. The summed E-state index contributed by atoms with van der Waals surface area (Å²) in [6, 6.07) is 6.83. The van der Waals surface area contributed by atoms with E-state index in [-0.39, 0.29) is 24.5 Å². The molecule has 0 saturated heterocycles. The van der Waals surface area contributed by atoms with Gasteiger partial charge in [0.15, 0.2) is 0 Å². The third-order valence-corrected chi connectivity index (χ3v) is 2.72. The molecule has 4 heteroatoms. The predicted molar refractivity (Wildman–Crippen MR) is 65.8 cm³/mol. The minimum Gasteiger partial charge on any atom is -0.459 e. The van der Waals surface area contributed by atoms with Crippen LogP contribution < -0.4 is 5.73 Å². The number of hydrogen-bond donors (Lipinski definition) is 1. The SMILES string of the molecule is Cl.Nc1ccc(C(=O)OC2CCCC2)cc1. The van der Waals surface area contributed by atoms with Crippen molar-refractivity contribution in [1.82, 2.24) is 0 Å². The van der Waals surface area contributed by atoms with Gasteiger partial charge in [-0.25, -0.2) is 4.79 Å². The topological polar surface area (TPSA) is 52.3 Å². The van der Waals surface area contributed by atoms with Crippen molar-refractivity contribution < 1.29 is 9.53 Å². The van der Waals surface area contributed by atoms with Crippen LogP contribution in [0.2, 0.25) is 0 Å². The molecule has 0 aliphatic heterocycles. The molecule has 0 amide bonds. The molecule has 0 bridgehead atoms. The zero-order valence-corrected chi connectivity index (χ0v) is 9.83. The quantitative estimate of drug-likeness (QED) is 0.640. The van der Waals surface area contributed by atoms with E-state index in [1.807, 2.05) is 0 Å². The van der Waals surface area contributed by atoms with Gasteiger partial charge in [0.2, 0.25) is 0 Å². The Balaban J connectivity index is 0.00000128. The first kappa shape index (κ1) is 12.8. The highest BCUT2D eigenvalue weighted by Crippen LogP contribution is 2.22. The van der Waals surface area contributed by atoms with Crippen molar-refractivity contribution in [2.45, 2.75) is 31.8 Å². The van der Waals surface area contributed by atoms with E-state index in [4.69, 9.17) is 10.5 Å². The summed E-state index contributed by atoms with van der Waals surface area (Å²) in [4.78, 5) is 11.6. The maximum Gasteiger partial charge on any atom is 0.338 e. The average molecular weight is 242 g/mol. The molecular formula is C12H16ClNO2. The normalized spacial score (nSPS) is 15.5. The molecule has 1 aromatic rings. The first-order valence-corrected chi connectivity index (χ1v) is 5.32. The smallest absolute Gasteiger partial charge is 0.338 e. The average Bonchev–Trinajstić information content (AvgIpc) is 2.71. The number of carbonyl (C=O) groups excluding carboxylic acids is 1. The molecule has 1 saturated carbocycles. The number of nitrogen functional groups attached to an aromatic ring is 1. The van der Waals surface area contributed by atoms with Crippen molar-refractivity contribution >= 4 is 24.1 Å². The Morgan fingerprint density at radius 2 is 1.75 bits per heavy atom. The molecule has 88 valence electrons. The number of ether oxygens (including phenoxy) is 1. The Labute approximate surface area is 101 Å². The van der Waals surface area contributed by atoms with Crippen molar-refractivity contribution in [1.29, 1.82) is 0 Å². The molecule has 0 spiro atoms. The number of benzene rings is 1. The van der Waals surface area contributed by atoms with Crippen molar-refractivity contribution in [3.8, 4) is 0 Å². The van der Waals surface area contributed by atoms with Gasteiger partial charge in [-0.1, -0.05) is 0 Å². The third kappa shape index (κ3) is 3.14. The molecule has 0 atom stereocenters. The van der Waals surface area contributed by atoms with Gasteiger partial charge in [-0.2, -0.15) is 0 Å². The zero-order valence-electron chi connectivity index (χ0n) is 9.02. The second-order valence-corrected chi connectivity index (χ2v) is 3.93. The standard InChI is InChI=1S/C12H15NO2.ClH/c13-10-7-5-9(6-8-10)12(14)15-11-3-1-2-4-11;/h5-8,11H,1-4,13H2;1H. The molecule has 0 heterocycles. The van der Waals surface area contributed by atoms with Gasteiger partial charge in [0, 0.05) is 5.69 Å². The molecule has 2 rings (SSSR count). The minimum atomic E-state index is -0.234. The van der Waals surface area contributed by atoms with E-state index in [2.05, 4.69) is 0 Å². The Bertz CT molecular complexity index is 345. The van der Waals surface area contributed by atoms with Crippen molar-refractivity contribution in [2.24, 2.45) is 0 Å². The van der Waals surface area contributed by atoms with E-state index in [0.717, 1.165) is 12.8 Å². The Hall–Kier alpha value is -1.22. The maximum absolute atomic E-state index is 11.6. The van der Waals surface area contributed by atoms with Crippen LogP contribution in [0.3, 0.4) is 0 Å². The minimum absolute atomic E-state index is 0. The number of nitrogens with two attached hydrogens (primary N) is 1. The van der Waals surface area contributed by atoms with Crippen molar-refractivity contribution in [2.75, 3.05) is 5.73 Å². The molecule has 0 aromatic heterocycles. The van der Waals surface area contributed by atoms with E-state index in [1.54, 1.807) is 24.3 Å². The van der Waals surface area contributed by atoms with Gasteiger partial charge in [-0.05, 0) is 49.9 Å². The number of esters is 1. The van der Waals surface area contributed by atoms with Crippen LogP contribution in [0, 0.1) is 0 Å². The van der Waals surface area contributed by atoms with Crippen LogP contribution in [0.5, 0.6) is 0 Å². The molecule has 16 heavy (non-hydrogen) atoms. The Kier molecular flexibility index (Phi) is 4.62. The molecule has 1 aromatic carbocycles. The lowest BCUT2D eigenvalue weighted by Gasteiger charge is -2.11. The molecule has 1 aliphatic carbocycles. The van der Waals surface area contributed by atoms with E-state index >= 15 is 0 Å². The second-order valence-electron chi connectivity index (χ2n) is 3.93. The monoisotopic (exact) mass is 241 g/mol. The first-order valence-electron chi connectivity index (χ1n) is 5.32. The van der Waals surface area contributed by atoms with Gasteiger partial charge in [-0.15, -0.1) is 12.4 Å². The fourth-order valence-electron chi connectivity index (χ4n) is 1.84. The lowest BCUT2D eigenvalue weighted by molar-refractivity contribution is 0.0318. The van der Waals surface area contributed by atoms with Gasteiger partial charge in [-0.3, -0.25) is 0 Å². The molecular weight excluding hydrogens is 226 g/mol. The molecule has 1 aliphatic rings. The largest absolute Gasteiger partial charge is 0.459 e. The maximum atomic E-state index is 11.6. The Morgan fingerprint density at radius 3 is 2.31 bits per heavy atom. The Morgan fingerprint density at radius 1 is 1.19 bits per heavy atom. The molecule has 1 fully saturated rings. The number of rotatable bonds is 2. The lowest BCUT2D eigenvalue weighted by Crippen LogP contribution is -2.14. The molecule has 2 N–H and O–H groups in total. The van der Waals surface area contributed by atoms with Gasteiger partial charge in [0.25, 0.3) is 0 Å². The highest BCUT2D eigenvalue weighted by molar-refractivity contribution is 5.89. The summed E-state index contributed by atoms with van der Waals surface area (Å²) in [6.07, 6.45) is 4.45. The summed E-state index contributed by atoms with van der Waals surface area (Å²) in [5, 5.41) is 0. The number of halogens is 1.